The summed E-state index contributed by atoms with van der Waals surface area (Å²) in [7, 11) is 0. The van der Waals surface area contributed by atoms with Crippen molar-refractivity contribution < 1.29 is 5.11 Å². The Labute approximate surface area is 79.4 Å². The standard InChI is InChI=1S/C11H17NO/c1-8(9(2)13)11(12)10-6-4-3-5-7-10/h3-9,11,13H,12H2,1-2H3/t8-,9+,11?/m1/s1. The molecule has 0 saturated carbocycles. The zero-order chi connectivity index (χ0) is 9.84. The SMILES string of the molecule is C[C@H](O)[C@@H](C)C(N)c1ccccc1. The van der Waals surface area contributed by atoms with Gasteiger partial charge in [0.05, 0.1) is 6.10 Å². The largest absolute Gasteiger partial charge is 0.393 e. The van der Waals surface area contributed by atoms with Gasteiger partial charge in [-0.05, 0) is 12.5 Å². The summed E-state index contributed by atoms with van der Waals surface area (Å²) in [5.41, 5.74) is 7.06. The van der Waals surface area contributed by atoms with Crippen molar-refractivity contribution >= 4 is 0 Å². The fraction of sp³-hybridized carbons (Fsp3) is 0.455. The van der Waals surface area contributed by atoms with E-state index in [0.717, 1.165) is 5.56 Å². The van der Waals surface area contributed by atoms with Crippen LogP contribution in [0.5, 0.6) is 0 Å². The number of hydrogen-bond acceptors (Lipinski definition) is 2. The van der Waals surface area contributed by atoms with Crippen LogP contribution in [-0.4, -0.2) is 11.2 Å². The Kier molecular flexibility index (Phi) is 3.46. The molecule has 3 atom stereocenters. The van der Waals surface area contributed by atoms with Crippen molar-refractivity contribution in [3.05, 3.63) is 35.9 Å². The van der Waals surface area contributed by atoms with E-state index in [1.54, 1.807) is 6.92 Å². The van der Waals surface area contributed by atoms with Crippen molar-refractivity contribution in [2.75, 3.05) is 0 Å². The van der Waals surface area contributed by atoms with Crippen LogP contribution in [0.2, 0.25) is 0 Å². The van der Waals surface area contributed by atoms with Crippen LogP contribution in [0, 0.1) is 5.92 Å². The van der Waals surface area contributed by atoms with Crippen LogP contribution in [0.25, 0.3) is 0 Å². The second kappa shape index (κ2) is 4.40. The topological polar surface area (TPSA) is 46.2 Å². The normalized spacial score (nSPS) is 17.8. The minimum Gasteiger partial charge on any atom is -0.393 e. The Hall–Kier alpha value is -0.860. The molecule has 13 heavy (non-hydrogen) atoms. The lowest BCUT2D eigenvalue weighted by Crippen LogP contribution is -2.27. The van der Waals surface area contributed by atoms with E-state index >= 15 is 0 Å². The van der Waals surface area contributed by atoms with Crippen molar-refractivity contribution in [2.45, 2.75) is 26.0 Å². The van der Waals surface area contributed by atoms with Crippen LogP contribution in [0.15, 0.2) is 30.3 Å². The molecule has 0 fully saturated rings. The van der Waals surface area contributed by atoms with Crippen molar-refractivity contribution in [3.63, 3.8) is 0 Å². The lowest BCUT2D eigenvalue weighted by molar-refractivity contribution is 0.120. The van der Waals surface area contributed by atoms with Gasteiger partial charge in [-0.1, -0.05) is 37.3 Å². The fourth-order valence-electron chi connectivity index (χ4n) is 1.28. The van der Waals surface area contributed by atoms with Crippen molar-refractivity contribution in [2.24, 2.45) is 11.7 Å². The van der Waals surface area contributed by atoms with Gasteiger partial charge in [-0.3, -0.25) is 0 Å². The zero-order valence-corrected chi connectivity index (χ0v) is 8.14. The van der Waals surface area contributed by atoms with Crippen LogP contribution in [0.3, 0.4) is 0 Å². The van der Waals surface area contributed by atoms with Crippen molar-refractivity contribution in [3.8, 4) is 0 Å². The summed E-state index contributed by atoms with van der Waals surface area (Å²) in [6, 6.07) is 9.78. The van der Waals surface area contributed by atoms with E-state index < -0.39 is 0 Å². The number of hydrogen-bond donors (Lipinski definition) is 2. The summed E-state index contributed by atoms with van der Waals surface area (Å²) in [5, 5.41) is 9.37. The van der Waals surface area contributed by atoms with Gasteiger partial charge in [0.1, 0.15) is 0 Å². The Morgan fingerprint density at radius 1 is 1.15 bits per heavy atom. The van der Waals surface area contributed by atoms with E-state index in [1.807, 2.05) is 37.3 Å². The molecule has 1 unspecified atom stereocenters. The maximum Gasteiger partial charge on any atom is 0.0555 e. The van der Waals surface area contributed by atoms with E-state index in [1.165, 1.54) is 0 Å². The third-order valence-corrected chi connectivity index (χ3v) is 2.51. The van der Waals surface area contributed by atoms with Gasteiger partial charge in [0, 0.05) is 12.0 Å². The summed E-state index contributed by atoms with van der Waals surface area (Å²) >= 11 is 0. The molecule has 1 rings (SSSR count). The molecule has 1 aromatic rings. The molecule has 0 aliphatic rings. The van der Waals surface area contributed by atoms with E-state index in [-0.39, 0.29) is 18.1 Å². The lowest BCUT2D eigenvalue weighted by atomic mass is 9.92. The molecule has 0 amide bonds. The molecule has 0 bridgehead atoms. The Morgan fingerprint density at radius 3 is 2.15 bits per heavy atom. The average Bonchev–Trinajstić information content (AvgIpc) is 2.17. The Bertz CT molecular complexity index is 246. The highest BCUT2D eigenvalue weighted by Crippen LogP contribution is 2.21. The van der Waals surface area contributed by atoms with Crippen LogP contribution in [0.1, 0.15) is 25.5 Å². The minimum atomic E-state index is -0.366. The monoisotopic (exact) mass is 179 g/mol. The third kappa shape index (κ3) is 2.54. The average molecular weight is 179 g/mol. The fourth-order valence-corrected chi connectivity index (χ4v) is 1.28. The predicted octanol–water partition coefficient (Wildman–Crippen LogP) is 1.70. The van der Waals surface area contributed by atoms with Gasteiger partial charge >= 0.3 is 0 Å². The summed E-state index contributed by atoms with van der Waals surface area (Å²) in [4.78, 5) is 0. The second-order valence-electron chi connectivity index (χ2n) is 3.54. The van der Waals surface area contributed by atoms with Gasteiger partial charge in [0.2, 0.25) is 0 Å². The molecule has 0 radical (unpaired) electrons. The van der Waals surface area contributed by atoms with Gasteiger partial charge in [-0.2, -0.15) is 0 Å². The highest BCUT2D eigenvalue weighted by atomic mass is 16.3. The molecular formula is C11H17NO. The molecule has 1 aromatic carbocycles. The highest BCUT2D eigenvalue weighted by Gasteiger charge is 2.18. The summed E-state index contributed by atoms with van der Waals surface area (Å²) < 4.78 is 0. The van der Waals surface area contributed by atoms with Crippen molar-refractivity contribution in [1.82, 2.24) is 0 Å². The number of aliphatic hydroxyl groups excluding tert-OH is 1. The molecule has 72 valence electrons. The molecule has 0 heterocycles. The first-order chi connectivity index (χ1) is 6.13. The Balaban J connectivity index is 2.73. The van der Waals surface area contributed by atoms with Crippen LogP contribution in [0.4, 0.5) is 0 Å². The summed E-state index contributed by atoms with van der Waals surface area (Å²) in [6.45, 7) is 3.73. The zero-order valence-electron chi connectivity index (χ0n) is 8.14. The lowest BCUT2D eigenvalue weighted by Gasteiger charge is -2.22. The summed E-state index contributed by atoms with van der Waals surface area (Å²) in [6.07, 6.45) is -0.366. The van der Waals surface area contributed by atoms with Gasteiger partial charge in [-0.25, -0.2) is 0 Å². The maximum atomic E-state index is 9.37. The van der Waals surface area contributed by atoms with E-state index in [0.29, 0.717) is 0 Å². The molecule has 2 nitrogen and oxygen atoms in total. The van der Waals surface area contributed by atoms with Crippen molar-refractivity contribution in [1.29, 1.82) is 0 Å². The van der Waals surface area contributed by atoms with Crippen LogP contribution < -0.4 is 5.73 Å². The van der Waals surface area contributed by atoms with Crippen LogP contribution in [-0.2, 0) is 0 Å². The molecule has 0 saturated heterocycles. The molecular weight excluding hydrogens is 162 g/mol. The smallest absolute Gasteiger partial charge is 0.0555 e. The molecule has 0 spiro atoms. The van der Waals surface area contributed by atoms with Crippen LogP contribution >= 0.6 is 0 Å². The number of nitrogens with two attached hydrogens (primary N) is 1. The molecule has 0 aliphatic heterocycles. The van der Waals surface area contributed by atoms with Gasteiger partial charge in [0.15, 0.2) is 0 Å². The second-order valence-corrected chi connectivity index (χ2v) is 3.54. The number of benzene rings is 1. The molecule has 0 aliphatic carbocycles. The highest BCUT2D eigenvalue weighted by molar-refractivity contribution is 5.19. The quantitative estimate of drug-likeness (QED) is 0.742. The minimum absolute atomic E-state index is 0.0822. The molecule has 0 aromatic heterocycles. The van der Waals surface area contributed by atoms with E-state index in [4.69, 9.17) is 5.73 Å². The Morgan fingerprint density at radius 2 is 1.69 bits per heavy atom. The van der Waals surface area contributed by atoms with E-state index in [2.05, 4.69) is 0 Å². The maximum absolute atomic E-state index is 9.37. The molecule has 3 N–H and O–H groups in total. The van der Waals surface area contributed by atoms with Gasteiger partial charge in [0.25, 0.3) is 0 Å². The first-order valence-electron chi connectivity index (χ1n) is 4.61. The summed E-state index contributed by atoms with van der Waals surface area (Å²) in [5.74, 6) is 0.0856. The van der Waals surface area contributed by atoms with Gasteiger partial charge < -0.3 is 10.8 Å². The number of aliphatic hydroxyl groups is 1. The molecule has 2 heteroatoms. The first-order valence-corrected chi connectivity index (χ1v) is 4.61. The van der Waals surface area contributed by atoms with Gasteiger partial charge in [-0.15, -0.1) is 0 Å². The predicted molar refractivity (Wildman–Crippen MR) is 54.2 cm³/mol. The van der Waals surface area contributed by atoms with E-state index in [9.17, 15) is 5.11 Å². The number of rotatable bonds is 3. The first kappa shape index (κ1) is 10.2. The third-order valence-electron chi connectivity index (χ3n) is 2.51.